The lowest BCUT2D eigenvalue weighted by Gasteiger charge is -2.37. The second-order valence-electron chi connectivity index (χ2n) is 4.66. The Morgan fingerprint density at radius 2 is 2.00 bits per heavy atom. The number of rotatable bonds is 4. The number of anilines is 1. The van der Waals surface area contributed by atoms with E-state index in [0.29, 0.717) is 5.02 Å². The second-order valence-corrected chi connectivity index (χ2v) is 5.07. The molecule has 0 amide bonds. The van der Waals surface area contributed by atoms with Crippen molar-refractivity contribution in [3.63, 3.8) is 0 Å². The van der Waals surface area contributed by atoms with Crippen molar-refractivity contribution in [3.05, 3.63) is 28.8 Å². The molecule has 0 aliphatic heterocycles. The predicted octanol–water partition coefficient (Wildman–Crippen LogP) is 3.46. The largest absolute Gasteiger partial charge is 0.392 e. The Bertz CT molecular complexity index is 363. The summed E-state index contributed by atoms with van der Waals surface area (Å²) in [6.45, 7) is 6.54. The Morgan fingerprint density at radius 3 is 2.44 bits per heavy atom. The molecule has 0 fully saturated rings. The molecule has 0 spiro atoms. The minimum atomic E-state index is -0.0139. The number of aliphatic hydroxyl groups is 1. The fourth-order valence-electron chi connectivity index (χ4n) is 1.46. The molecule has 0 unspecified atom stereocenters. The first-order valence-electron chi connectivity index (χ1n) is 5.55. The van der Waals surface area contributed by atoms with Gasteiger partial charge >= 0.3 is 0 Å². The maximum Gasteiger partial charge on any atom is 0.0696 e. The van der Waals surface area contributed by atoms with Crippen molar-refractivity contribution in [1.82, 2.24) is 0 Å². The molecular weight excluding hydrogens is 222 g/mol. The van der Waals surface area contributed by atoms with Crippen molar-refractivity contribution < 1.29 is 5.11 Å². The Balaban J connectivity index is 3.02. The Labute approximate surface area is 103 Å². The maximum atomic E-state index is 9.06. The van der Waals surface area contributed by atoms with Crippen molar-refractivity contribution in [1.29, 1.82) is 0 Å². The van der Waals surface area contributed by atoms with Crippen LogP contribution in [0.3, 0.4) is 0 Å². The van der Waals surface area contributed by atoms with Crippen LogP contribution in [0.4, 0.5) is 5.69 Å². The number of nitrogens with zero attached hydrogens (tertiary/aromatic N) is 1. The van der Waals surface area contributed by atoms with Crippen molar-refractivity contribution >= 4 is 17.3 Å². The standard InChI is InChI=1S/C13H20ClNO/c1-5-13(2,3)15(4)11-7-6-10(9-16)12(14)8-11/h6-8,16H,5,9H2,1-4H3. The van der Waals surface area contributed by atoms with Gasteiger partial charge in [0.2, 0.25) is 0 Å². The highest BCUT2D eigenvalue weighted by atomic mass is 35.5. The summed E-state index contributed by atoms with van der Waals surface area (Å²) in [5.41, 5.74) is 1.95. The fourth-order valence-corrected chi connectivity index (χ4v) is 1.69. The molecule has 0 aliphatic carbocycles. The van der Waals surface area contributed by atoms with E-state index in [1.807, 2.05) is 18.2 Å². The lowest BCUT2D eigenvalue weighted by atomic mass is 9.99. The minimum absolute atomic E-state index is 0.0139. The van der Waals surface area contributed by atoms with Crippen molar-refractivity contribution in [2.45, 2.75) is 39.3 Å². The van der Waals surface area contributed by atoms with Gasteiger partial charge in [-0.2, -0.15) is 0 Å². The molecule has 0 heterocycles. The summed E-state index contributed by atoms with van der Waals surface area (Å²) in [6.07, 6.45) is 1.06. The van der Waals surface area contributed by atoms with Gasteiger partial charge in [0, 0.05) is 23.3 Å². The number of aliphatic hydroxyl groups excluding tert-OH is 1. The van der Waals surface area contributed by atoms with Crippen molar-refractivity contribution in [2.75, 3.05) is 11.9 Å². The van der Waals surface area contributed by atoms with E-state index in [2.05, 4.69) is 32.7 Å². The molecule has 1 aromatic rings. The smallest absolute Gasteiger partial charge is 0.0696 e. The van der Waals surface area contributed by atoms with Crippen LogP contribution < -0.4 is 4.90 Å². The van der Waals surface area contributed by atoms with Gasteiger partial charge in [0.25, 0.3) is 0 Å². The summed E-state index contributed by atoms with van der Waals surface area (Å²) in [5, 5.41) is 9.68. The Morgan fingerprint density at radius 1 is 1.38 bits per heavy atom. The maximum absolute atomic E-state index is 9.06. The summed E-state index contributed by atoms with van der Waals surface area (Å²) < 4.78 is 0. The zero-order valence-electron chi connectivity index (χ0n) is 10.4. The van der Waals surface area contributed by atoms with Crippen LogP contribution in [-0.4, -0.2) is 17.7 Å². The highest BCUT2D eigenvalue weighted by molar-refractivity contribution is 6.31. The molecule has 90 valence electrons. The van der Waals surface area contributed by atoms with E-state index in [1.165, 1.54) is 0 Å². The molecule has 0 aliphatic rings. The molecule has 0 aromatic heterocycles. The quantitative estimate of drug-likeness (QED) is 0.873. The van der Waals surface area contributed by atoms with E-state index in [0.717, 1.165) is 17.7 Å². The van der Waals surface area contributed by atoms with Crippen LogP contribution in [0.2, 0.25) is 5.02 Å². The van der Waals surface area contributed by atoms with E-state index in [9.17, 15) is 0 Å². The first-order chi connectivity index (χ1) is 7.42. The first-order valence-corrected chi connectivity index (χ1v) is 5.93. The summed E-state index contributed by atoms with van der Waals surface area (Å²) in [4.78, 5) is 2.21. The average Bonchev–Trinajstić information content (AvgIpc) is 2.27. The summed E-state index contributed by atoms with van der Waals surface area (Å²) in [5.74, 6) is 0. The topological polar surface area (TPSA) is 23.5 Å². The molecule has 1 rings (SSSR count). The molecule has 0 radical (unpaired) electrons. The van der Waals surface area contributed by atoms with Crippen LogP contribution in [0.1, 0.15) is 32.8 Å². The molecule has 3 heteroatoms. The first kappa shape index (κ1) is 13.3. The molecule has 0 saturated carbocycles. The van der Waals surface area contributed by atoms with Crippen LogP contribution in [0.15, 0.2) is 18.2 Å². The van der Waals surface area contributed by atoms with Gasteiger partial charge in [0.05, 0.1) is 6.61 Å². The Kier molecular flexibility index (Phi) is 4.22. The molecule has 1 N–H and O–H groups in total. The molecule has 0 saturated heterocycles. The third kappa shape index (κ3) is 2.69. The number of hydrogen-bond donors (Lipinski definition) is 1. The summed E-state index contributed by atoms with van der Waals surface area (Å²) in [7, 11) is 2.06. The zero-order valence-corrected chi connectivity index (χ0v) is 11.2. The van der Waals surface area contributed by atoms with Crippen LogP contribution in [0.25, 0.3) is 0 Å². The van der Waals surface area contributed by atoms with Gasteiger partial charge in [-0.1, -0.05) is 24.6 Å². The minimum Gasteiger partial charge on any atom is -0.392 e. The SMILES string of the molecule is CCC(C)(C)N(C)c1ccc(CO)c(Cl)c1. The molecule has 0 bridgehead atoms. The van der Waals surface area contributed by atoms with E-state index in [4.69, 9.17) is 16.7 Å². The van der Waals surface area contributed by atoms with Gasteiger partial charge in [0.15, 0.2) is 0 Å². The summed E-state index contributed by atoms with van der Waals surface area (Å²) in [6, 6.07) is 5.78. The third-order valence-electron chi connectivity index (χ3n) is 3.37. The van der Waals surface area contributed by atoms with E-state index in [-0.39, 0.29) is 12.1 Å². The van der Waals surface area contributed by atoms with Crippen LogP contribution >= 0.6 is 11.6 Å². The Hall–Kier alpha value is -0.730. The molecular formula is C13H20ClNO. The molecule has 2 nitrogen and oxygen atoms in total. The number of benzene rings is 1. The molecule has 16 heavy (non-hydrogen) atoms. The molecule has 1 aromatic carbocycles. The van der Waals surface area contributed by atoms with E-state index < -0.39 is 0 Å². The van der Waals surface area contributed by atoms with Gasteiger partial charge in [-0.3, -0.25) is 0 Å². The van der Waals surface area contributed by atoms with Gasteiger partial charge in [-0.15, -0.1) is 0 Å². The van der Waals surface area contributed by atoms with E-state index in [1.54, 1.807) is 0 Å². The van der Waals surface area contributed by atoms with Crippen LogP contribution in [0, 0.1) is 0 Å². The van der Waals surface area contributed by atoms with Gasteiger partial charge < -0.3 is 10.0 Å². The highest BCUT2D eigenvalue weighted by Crippen LogP contribution is 2.28. The van der Waals surface area contributed by atoms with Crippen LogP contribution in [-0.2, 0) is 6.61 Å². The normalized spacial score (nSPS) is 11.6. The van der Waals surface area contributed by atoms with Gasteiger partial charge in [-0.25, -0.2) is 0 Å². The number of hydrogen-bond acceptors (Lipinski definition) is 2. The highest BCUT2D eigenvalue weighted by Gasteiger charge is 2.21. The monoisotopic (exact) mass is 241 g/mol. The molecule has 0 atom stereocenters. The lowest BCUT2D eigenvalue weighted by Crippen LogP contribution is -2.40. The second kappa shape index (κ2) is 5.07. The van der Waals surface area contributed by atoms with Gasteiger partial charge in [-0.05, 0) is 38.0 Å². The van der Waals surface area contributed by atoms with Gasteiger partial charge in [0.1, 0.15) is 0 Å². The zero-order chi connectivity index (χ0) is 12.3. The van der Waals surface area contributed by atoms with Crippen molar-refractivity contribution in [2.24, 2.45) is 0 Å². The van der Waals surface area contributed by atoms with E-state index >= 15 is 0 Å². The fraction of sp³-hybridized carbons (Fsp3) is 0.538. The summed E-state index contributed by atoms with van der Waals surface area (Å²) >= 11 is 6.08. The number of halogens is 1. The third-order valence-corrected chi connectivity index (χ3v) is 3.72. The van der Waals surface area contributed by atoms with Crippen LogP contribution in [0.5, 0.6) is 0 Å². The lowest BCUT2D eigenvalue weighted by molar-refractivity contribution is 0.282. The average molecular weight is 242 g/mol. The predicted molar refractivity (Wildman–Crippen MR) is 70.1 cm³/mol. The van der Waals surface area contributed by atoms with Crippen molar-refractivity contribution in [3.8, 4) is 0 Å².